The molecule has 0 unspecified atom stereocenters. The van der Waals surface area contributed by atoms with E-state index in [2.05, 4.69) is 0 Å². The maximum Gasteiger partial charge on any atom is 0.311 e. The fraction of sp³-hybridized carbons (Fsp3) is 0.400. The predicted octanol–water partition coefficient (Wildman–Crippen LogP) is -2.88. The highest BCUT2D eigenvalue weighted by Gasteiger charge is 2.42. The molecule has 0 aromatic carbocycles. The van der Waals surface area contributed by atoms with Crippen LogP contribution in [0, 0.1) is 0 Å². The number of amides is 2. The molecule has 0 aromatic rings. The molecule has 0 aromatic heterocycles. The molecular weight excluding hydrogens is 152 g/mol. The van der Waals surface area contributed by atoms with Crippen molar-refractivity contribution in [3.8, 4) is 0 Å². The third kappa shape index (κ3) is 1.07. The van der Waals surface area contributed by atoms with Gasteiger partial charge in [-0.2, -0.15) is 0 Å². The average molecular weight is 158 g/mol. The van der Waals surface area contributed by atoms with E-state index in [4.69, 9.17) is 5.11 Å². The van der Waals surface area contributed by atoms with Gasteiger partial charge >= 0.3 is 11.8 Å². The molecule has 3 N–H and O–H groups in total. The number of hydrogen-bond acceptors (Lipinski definition) is 4. The van der Waals surface area contributed by atoms with Gasteiger partial charge < -0.3 is 15.7 Å². The summed E-state index contributed by atoms with van der Waals surface area (Å²) >= 11 is 0. The Hall–Kier alpha value is -1.43. The van der Waals surface area contributed by atoms with Crippen molar-refractivity contribution in [2.24, 2.45) is 0 Å². The summed E-state index contributed by atoms with van der Waals surface area (Å²) in [6.07, 6.45) is 0.274. The van der Waals surface area contributed by atoms with E-state index in [9.17, 15) is 14.4 Å². The molecule has 0 saturated carbocycles. The molecule has 0 atom stereocenters. The van der Waals surface area contributed by atoms with Gasteiger partial charge in [0.15, 0.2) is 11.9 Å². The predicted molar refractivity (Wildman–Crippen MR) is 32.2 cm³/mol. The number of carbonyl (C=O) groups excluding carboxylic acids is 3. The summed E-state index contributed by atoms with van der Waals surface area (Å²) in [5.41, 5.74) is -1.60. The van der Waals surface area contributed by atoms with Crippen LogP contribution in [0.4, 0.5) is 0 Å². The SMILES string of the molecule is O=CC1(CO)NC(=O)C(=O)N1. The van der Waals surface area contributed by atoms with Crippen molar-refractivity contribution in [2.45, 2.75) is 5.66 Å². The molecular formula is C5H6N2O4. The van der Waals surface area contributed by atoms with Crippen LogP contribution < -0.4 is 10.6 Å². The first-order valence-electron chi connectivity index (χ1n) is 2.85. The van der Waals surface area contributed by atoms with E-state index in [0.29, 0.717) is 0 Å². The van der Waals surface area contributed by atoms with Crippen LogP contribution in [0.3, 0.4) is 0 Å². The lowest BCUT2D eigenvalue weighted by atomic mass is 10.2. The molecule has 0 radical (unpaired) electrons. The van der Waals surface area contributed by atoms with E-state index in [1.807, 2.05) is 10.6 Å². The van der Waals surface area contributed by atoms with E-state index in [0.717, 1.165) is 0 Å². The highest BCUT2D eigenvalue weighted by atomic mass is 16.3. The Labute approximate surface area is 61.6 Å². The fourth-order valence-corrected chi connectivity index (χ4v) is 0.725. The monoisotopic (exact) mass is 158 g/mol. The molecule has 1 heterocycles. The van der Waals surface area contributed by atoms with Crippen LogP contribution in [0.2, 0.25) is 0 Å². The van der Waals surface area contributed by atoms with Gasteiger partial charge in [-0.25, -0.2) is 0 Å². The molecule has 0 aliphatic carbocycles. The van der Waals surface area contributed by atoms with E-state index < -0.39 is 24.1 Å². The van der Waals surface area contributed by atoms with E-state index in [1.165, 1.54) is 0 Å². The number of carbonyl (C=O) groups is 3. The first kappa shape index (κ1) is 7.67. The molecule has 0 spiro atoms. The topological polar surface area (TPSA) is 95.5 Å². The first-order chi connectivity index (χ1) is 5.13. The van der Waals surface area contributed by atoms with E-state index in [1.54, 1.807) is 0 Å². The lowest BCUT2D eigenvalue weighted by Crippen LogP contribution is -2.54. The second kappa shape index (κ2) is 2.31. The smallest absolute Gasteiger partial charge is 0.311 e. The molecule has 11 heavy (non-hydrogen) atoms. The minimum absolute atomic E-state index is 0.274. The number of rotatable bonds is 2. The largest absolute Gasteiger partial charge is 0.391 e. The van der Waals surface area contributed by atoms with Gasteiger partial charge in [0, 0.05) is 0 Å². The molecule has 1 rings (SSSR count). The van der Waals surface area contributed by atoms with Gasteiger partial charge in [-0.3, -0.25) is 14.4 Å². The molecule has 1 saturated heterocycles. The zero-order valence-corrected chi connectivity index (χ0v) is 5.46. The van der Waals surface area contributed by atoms with Crippen LogP contribution in [-0.2, 0) is 14.4 Å². The van der Waals surface area contributed by atoms with Crippen LogP contribution in [0.1, 0.15) is 0 Å². The zero-order valence-electron chi connectivity index (χ0n) is 5.46. The van der Waals surface area contributed by atoms with Gasteiger partial charge in [0.05, 0.1) is 6.61 Å². The van der Waals surface area contributed by atoms with E-state index >= 15 is 0 Å². The molecule has 6 nitrogen and oxygen atoms in total. The molecule has 1 aliphatic heterocycles. The maximum absolute atomic E-state index is 10.5. The van der Waals surface area contributed by atoms with Crippen molar-refractivity contribution < 1.29 is 19.5 Å². The van der Waals surface area contributed by atoms with Crippen LogP contribution in [0.5, 0.6) is 0 Å². The average Bonchev–Trinajstić information content (AvgIpc) is 2.29. The maximum atomic E-state index is 10.5. The summed E-state index contributed by atoms with van der Waals surface area (Å²) in [6.45, 7) is -0.645. The van der Waals surface area contributed by atoms with Crippen molar-refractivity contribution in [1.29, 1.82) is 0 Å². The normalized spacial score (nSPS) is 20.8. The quantitative estimate of drug-likeness (QED) is 0.297. The third-order valence-electron chi connectivity index (χ3n) is 1.33. The van der Waals surface area contributed by atoms with Gasteiger partial charge in [-0.15, -0.1) is 0 Å². The summed E-state index contributed by atoms with van der Waals surface area (Å²) in [5, 5.41) is 12.6. The van der Waals surface area contributed by atoms with Crippen molar-refractivity contribution in [1.82, 2.24) is 10.6 Å². The Morgan fingerprint density at radius 3 is 2.00 bits per heavy atom. The number of aliphatic hydroxyl groups excluding tert-OH is 1. The molecule has 0 bridgehead atoms. The van der Waals surface area contributed by atoms with Crippen LogP contribution in [-0.4, -0.2) is 35.5 Å². The summed E-state index contributed by atoms with van der Waals surface area (Å²) in [5.74, 6) is -1.82. The standard InChI is InChI=1S/C5H6N2O4/c8-1-5(2-9)6-3(10)4(11)7-5/h1,9H,2H2,(H,6,10)(H,7,11). The van der Waals surface area contributed by atoms with Crippen LogP contribution in [0.15, 0.2) is 0 Å². The lowest BCUT2D eigenvalue weighted by molar-refractivity contribution is -0.135. The third-order valence-corrected chi connectivity index (χ3v) is 1.33. The van der Waals surface area contributed by atoms with E-state index in [-0.39, 0.29) is 6.29 Å². The van der Waals surface area contributed by atoms with Gasteiger partial charge in [0.1, 0.15) is 0 Å². The summed E-state index contributed by atoms with van der Waals surface area (Å²) in [4.78, 5) is 31.3. The van der Waals surface area contributed by atoms with Gasteiger partial charge in [-0.05, 0) is 0 Å². The number of aliphatic hydroxyl groups is 1. The Morgan fingerprint density at radius 2 is 1.82 bits per heavy atom. The first-order valence-corrected chi connectivity index (χ1v) is 2.85. The minimum Gasteiger partial charge on any atom is -0.391 e. The van der Waals surface area contributed by atoms with Gasteiger partial charge in [0.2, 0.25) is 0 Å². The second-order valence-corrected chi connectivity index (χ2v) is 2.16. The Morgan fingerprint density at radius 1 is 1.36 bits per heavy atom. The zero-order chi connectivity index (χ0) is 8.48. The van der Waals surface area contributed by atoms with Crippen LogP contribution >= 0.6 is 0 Å². The summed E-state index contributed by atoms with van der Waals surface area (Å²) in [6, 6.07) is 0. The number of nitrogens with one attached hydrogen (secondary N) is 2. The van der Waals surface area contributed by atoms with Crippen molar-refractivity contribution >= 4 is 18.1 Å². The van der Waals surface area contributed by atoms with Crippen molar-refractivity contribution in [3.05, 3.63) is 0 Å². The summed E-state index contributed by atoms with van der Waals surface area (Å²) in [7, 11) is 0. The minimum atomic E-state index is -1.60. The molecule has 1 fully saturated rings. The molecule has 6 heteroatoms. The Balaban J connectivity index is 2.84. The molecule has 60 valence electrons. The molecule has 1 aliphatic rings. The number of aldehydes is 1. The highest BCUT2D eigenvalue weighted by Crippen LogP contribution is 2.00. The van der Waals surface area contributed by atoms with Gasteiger partial charge in [0.25, 0.3) is 0 Å². The summed E-state index contributed by atoms with van der Waals surface area (Å²) < 4.78 is 0. The highest BCUT2D eigenvalue weighted by molar-refractivity contribution is 6.38. The molecule has 2 amide bonds. The van der Waals surface area contributed by atoms with Crippen molar-refractivity contribution in [2.75, 3.05) is 6.61 Å². The Kier molecular flexibility index (Phi) is 1.61. The van der Waals surface area contributed by atoms with Crippen LogP contribution in [0.25, 0.3) is 0 Å². The van der Waals surface area contributed by atoms with Crippen molar-refractivity contribution in [3.63, 3.8) is 0 Å². The lowest BCUT2D eigenvalue weighted by Gasteiger charge is -2.17. The number of hydrogen-bond donors (Lipinski definition) is 3. The van der Waals surface area contributed by atoms with Gasteiger partial charge in [-0.1, -0.05) is 0 Å². The fourth-order valence-electron chi connectivity index (χ4n) is 0.725. The Bertz CT molecular complexity index is 209. The second-order valence-electron chi connectivity index (χ2n) is 2.16.